The molecule has 2 saturated carbocycles. The molecule has 0 spiro atoms. The number of guanidine groups is 1. The maximum absolute atomic E-state index is 5.59. The zero-order valence-corrected chi connectivity index (χ0v) is 16.7. The Morgan fingerprint density at radius 1 is 1.26 bits per heavy atom. The van der Waals surface area contributed by atoms with Crippen molar-refractivity contribution in [2.75, 3.05) is 7.05 Å². The molecular formula is C17H29IN4O. The Morgan fingerprint density at radius 2 is 2.00 bits per heavy atom. The van der Waals surface area contributed by atoms with Crippen molar-refractivity contribution in [2.24, 2.45) is 16.8 Å². The highest BCUT2D eigenvalue weighted by Gasteiger charge is 2.43. The lowest BCUT2D eigenvalue weighted by Gasteiger charge is -2.22. The van der Waals surface area contributed by atoms with E-state index in [1.54, 1.807) is 0 Å². The van der Waals surface area contributed by atoms with E-state index in [9.17, 15) is 0 Å². The molecule has 0 saturated heterocycles. The fourth-order valence-electron chi connectivity index (χ4n) is 3.61. The van der Waals surface area contributed by atoms with Crippen LogP contribution < -0.4 is 10.6 Å². The number of halogens is 1. The highest BCUT2D eigenvalue weighted by molar-refractivity contribution is 14.0. The van der Waals surface area contributed by atoms with Crippen LogP contribution in [0.25, 0.3) is 0 Å². The van der Waals surface area contributed by atoms with E-state index in [1.807, 2.05) is 20.9 Å². The topological polar surface area (TPSA) is 62.5 Å². The van der Waals surface area contributed by atoms with Crippen molar-refractivity contribution >= 4 is 29.9 Å². The van der Waals surface area contributed by atoms with Gasteiger partial charge in [0.25, 0.3) is 0 Å². The number of hydrogen-bond donors (Lipinski definition) is 2. The minimum atomic E-state index is 0. The number of rotatable bonds is 4. The normalized spacial score (nSPS) is 24.9. The van der Waals surface area contributed by atoms with Crippen LogP contribution in [0.5, 0.6) is 0 Å². The van der Waals surface area contributed by atoms with Crippen LogP contribution in [0.2, 0.25) is 0 Å². The molecule has 23 heavy (non-hydrogen) atoms. The van der Waals surface area contributed by atoms with Crippen LogP contribution >= 0.6 is 24.0 Å². The molecule has 3 rings (SSSR count). The third-order valence-electron chi connectivity index (χ3n) is 5.12. The Morgan fingerprint density at radius 3 is 2.61 bits per heavy atom. The van der Waals surface area contributed by atoms with E-state index in [1.165, 1.54) is 38.5 Å². The van der Waals surface area contributed by atoms with Crippen LogP contribution in [0.4, 0.5) is 0 Å². The third kappa shape index (κ3) is 4.84. The van der Waals surface area contributed by atoms with Crippen LogP contribution in [-0.4, -0.2) is 24.0 Å². The van der Waals surface area contributed by atoms with Crippen molar-refractivity contribution in [1.82, 2.24) is 15.6 Å². The van der Waals surface area contributed by atoms with Gasteiger partial charge in [0.15, 0.2) is 5.96 Å². The van der Waals surface area contributed by atoms with Crippen LogP contribution in [-0.2, 0) is 6.54 Å². The first-order chi connectivity index (χ1) is 10.7. The lowest BCUT2D eigenvalue weighted by Crippen LogP contribution is -2.39. The number of aliphatic imine (C=N–C) groups is 1. The minimum Gasteiger partial charge on any atom is -0.444 e. The Bertz CT molecular complexity index is 517. The van der Waals surface area contributed by atoms with E-state index in [0.717, 1.165) is 35.1 Å². The van der Waals surface area contributed by atoms with Gasteiger partial charge in [0.2, 0.25) is 5.89 Å². The van der Waals surface area contributed by atoms with Gasteiger partial charge in [-0.2, -0.15) is 0 Å². The Hall–Kier alpha value is -0.790. The first-order valence-corrected chi connectivity index (χ1v) is 8.57. The summed E-state index contributed by atoms with van der Waals surface area (Å²) in [6.45, 7) is 4.49. The quantitative estimate of drug-likeness (QED) is 0.434. The second-order valence-corrected chi connectivity index (χ2v) is 6.72. The predicted molar refractivity (Wildman–Crippen MR) is 103 cm³/mol. The standard InChI is InChI=1S/C17H28N4O.HI/c1-11-12(2)22-16(20-11)10-19-17(18-3)21-15-9-14(15)13-7-5-4-6-8-13;/h13-15H,4-10H2,1-3H3,(H2,18,19,21);1H. The smallest absolute Gasteiger partial charge is 0.214 e. The van der Waals surface area contributed by atoms with E-state index < -0.39 is 0 Å². The fourth-order valence-corrected chi connectivity index (χ4v) is 3.61. The molecule has 0 radical (unpaired) electrons. The minimum absolute atomic E-state index is 0. The Labute approximate surface area is 156 Å². The molecule has 0 aliphatic heterocycles. The lowest BCUT2D eigenvalue weighted by atomic mass is 9.85. The van der Waals surface area contributed by atoms with Gasteiger partial charge >= 0.3 is 0 Å². The van der Waals surface area contributed by atoms with Gasteiger partial charge in [-0.3, -0.25) is 4.99 Å². The van der Waals surface area contributed by atoms with Gasteiger partial charge in [0.05, 0.1) is 12.2 Å². The van der Waals surface area contributed by atoms with Crippen molar-refractivity contribution in [1.29, 1.82) is 0 Å². The summed E-state index contributed by atoms with van der Waals surface area (Å²) in [5, 5.41) is 6.85. The van der Waals surface area contributed by atoms with E-state index in [0.29, 0.717) is 12.6 Å². The second-order valence-electron chi connectivity index (χ2n) is 6.72. The van der Waals surface area contributed by atoms with Gasteiger partial charge in [-0.1, -0.05) is 32.1 Å². The molecular weight excluding hydrogens is 403 g/mol. The number of oxazole rings is 1. The molecule has 2 unspecified atom stereocenters. The molecule has 130 valence electrons. The van der Waals surface area contributed by atoms with Crippen molar-refractivity contribution in [3.05, 3.63) is 17.3 Å². The molecule has 0 aromatic carbocycles. The zero-order valence-electron chi connectivity index (χ0n) is 14.4. The van der Waals surface area contributed by atoms with Crippen molar-refractivity contribution in [2.45, 2.75) is 65.0 Å². The Kier molecular flexibility index (Phi) is 6.73. The summed E-state index contributed by atoms with van der Waals surface area (Å²) in [5.41, 5.74) is 0.958. The molecule has 2 fully saturated rings. The van der Waals surface area contributed by atoms with Crippen molar-refractivity contribution in [3.8, 4) is 0 Å². The third-order valence-corrected chi connectivity index (χ3v) is 5.12. The van der Waals surface area contributed by atoms with Gasteiger partial charge in [0.1, 0.15) is 5.76 Å². The monoisotopic (exact) mass is 432 g/mol. The average Bonchev–Trinajstić information content (AvgIpc) is 3.23. The lowest BCUT2D eigenvalue weighted by molar-refractivity contribution is 0.315. The van der Waals surface area contributed by atoms with Gasteiger partial charge in [0, 0.05) is 13.1 Å². The van der Waals surface area contributed by atoms with Gasteiger partial charge < -0.3 is 15.1 Å². The summed E-state index contributed by atoms with van der Waals surface area (Å²) >= 11 is 0. The Balaban J connectivity index is 0.00000192. The molecule has 2 atom stereocenters. The van der Waals surface area contributed by atoms with Gasteiger partial charge in [-0.25, -0.2) is 4.98 Å². The first kappa shape index (κ1) is 18.5. The summed E-state index contributed by atoms with van der Waals surface area (Å²) in [6.07, 6.45) is 8.41. The molecule has 2 aliphatic rings. The fraction of sp³-hybridized carbons (Fsp3) is 0.765. The van der Waals surface area contributed by atoms with E-state index in [2.05, 4.69) is 20.6 Å². The van der Waals surface area contributed by atoms with Crippen LogP contribution in [0, 0.1) is 25.7 Å². The maximum Gasteiger partial charge on any atom is 0.214 e. The highest BCUT2D eigenvalue weighted by atomic mass is 127. The number of aryl methyl sites for hydroxylation is 2. The molecule has 0 bridgehead atoms. The molecule has 5 nitrogen and oxygen atoms in total. The molecule has 2 N–H and O–H groups in total. The molecule has 0 amide bonds. The van der Waals surface area contributed by atoms with Crippen LogP contribution in [0.3, 0.4) is 0 Å². The maximum atomic E-state index is 5.59. The largest absolute Gasteiger partial charge is 0.444 e. The summed E-state index contributed by atoms with van der Waals surface area (Å²) in [4.78, 5) is 8.70. The van der Waals surface area contributed by atoms with Gasteiger partial charge in [-0.05, 0) is 32.1 Å². The van der Waals surface area contributed by atoms with Crippen molar-refractivity contribution < 1.29 is 4.42 Å². The summed E-state index contributed by atoms with van der Waals surface area (Å²) < 4.78 is 5.59. The zero-order chi connectivity index (χ0) is 15.5. The number of nitrogens with zero attached hydrogens (tertiary/aromatic N) is 2. The average molecular weight is 432 g/mol. The van der Waals surface area contributed by atoms with E-state index in [-0.39, 0.29) is 24.0 Å². The second kappa shape index (κ2) is 8.35. The molecule has 1 aromatic heterocycles. The number of hydrogen-bond acceptors (Lipinski definition) is 3. The predicted octanol–water partition coefficient (Wildman–Crippen LogP) is 3.54. The van der Waals surface area contributed by atoms with Crippen LogP contribution in [0.1, 0.15) is 55.9 Å². The summed E-state index contributed by atoms with van der Waals surface area (Å²) in [5.74, 6) is 4.25. The number of aromatic nitrogens is 1. The van der Waals surface area contributed by atoms with Gasteiger partial charge in [-0.15, -0.1) is 24.0 Å². The van der Waals surface area contributed by atoms with Crippen molar-refractivity contribution in [3.63, 3.8) is 0 Å². The first-order valence-electron chi connectivity index (χ1n) is 8.57. The van der Waals surface area contributed by atoms with Crippen LogP contribution in [0.15, 0.2) is 9.41 Å². The van der Waals surface area contributed by atoms with E-state index >= 15 is 0 Å². The SMILES string of the molecule is CN=C(NCc1nc(C)c(C)o1)NC1CC1C1CCCCC1.I. The molecule has 6 heteroatoms. The molecule has 2 aliphatic carbocycles. The summed E-state index contributed by atoms with van der Waals surface area (Å²) in [6, 6.07) is 0.599. The molecule has 1 heterocycles. The molecule has 1 aromatic rings. The van der Waals surface area contributed by atoms with E-state index in [4.69, 9.17) is 4.42 Å². The highest BCUT2D eigenvalue weighted by Crippen LogP contribution is 2.44. The number of nitrogens with one attached hydrogen (secondary N) is 2. The summed E-state index contributed by atoms with van der Waals surface area (Å²) in [7, 11) is 1.82.